The van der Waals surface area contributed by atoms with Crippen LogP contribution in [0.15, 0.2) is 146 Å². The zero-order valence-electron chi connectivity index (χ0n) is 53.2. The normalized spacial score (nSPS) is 18.4. The molecular formula is C72H80F7N7O8. The monoisotopic (exact) mass is 1300 g/mol. The van der Waals surface area contributed by atoms with Crippen molar-refractivity contribution in [1.82, 2.24) is 29.4 Å². The Balaban J connectivity index is 0.628. The molecular weight excluding hydrogens is 1220 g/mol. The molecule has 94 heavy (non-hydrogen) atoms. The molecule has 22 heteroatoms. The van der Waals surface area contributed by atoms with E-state index < -0.39 is 58.5 Å². The molecule has 3 fully saturated rings. The summed E-state index contributed by atoms with van der Waals surface area (Å²) in [6, 6.07) is 39.4. The lowest BCUT2D eigenvalue weighted by Crippen LogP contribution is -2.50. The molecule has 3 heterocycles. The Bertz CT molecular complexity index is 3570. The standard InChI is InChI=1S/C72H80F7N7O8/c1-81(33-11-34-83(3)67(90)51-18-24-59(25-19-51)80-32-26-64(87)82(2)40-41-84-35-27-60(28-36-84)94-66(89)45-52-14-7-9-16-61(52)50-12-5-4-6-13-50)65(88)47-92-63-44-53-15-8-10-17-62(53)69(63)29-37-85(38-30-69)39-31-70(55-20-22-58(73)23-21-55)48-86(49-93-70)68(91)54-42-56(71(74,75)76)46-57(43-54)72(77,78)79/h4-10,12-25,42-43,46,60,63,80H,11,26-41,44-45,47-49H2,1-3H3/t63-,70-/m0/s1. The third-order valence-corrected chi connectivity index (χ3v) is 19.0. The first-order valence-corrected chi connectivity index (χ1v) is 32.0. The Kier molecular flexibility index (Phi) is 22.0. The van der Waals surface area contributed by atoms with Crippen LogP contribution in [0.25, 0.3) is 11.1 Å². The molecule has 3 aliphatic heterocycles. The van der Waals surface area contributed by atoms with E-state index in [-0.39, 0.29) is 74.4 Å². The first kappa shape index (κ1) is 68.7. The highest BCUT2D eigenvalue weighted by Crippen LogP contribution is 2.48. The molecule has 500 valence electrons. The van der Waals surface area contributed by atoms with Gasteiger partial charge in [0.15, 0.2) is 0 Å². The van der Waals surface area contributed by atoms with Crippen LogP contribution in [-0.4, -0.2) is 178 Å². The maximum atomic E-state index is 14.2. The van der Waals surface area contributed by atoms with Gasteiger partial charge in [-0.15, -0.1) is 0 Å². The minimum absolute atomic E-state index is 0.0102. The van der Waals surface area contributed by atoms with E-state index in [9.17, 15) is 54.7 Å². The number of piperidine rings is 2. The second-order valence-corrected chi connectivity index (χ2v) is 25.2. The van der Waals surface area contributed by atoms with Crippen LogP contribution in [0.5, 0.6) is 0 Å². The fraction of sp³-hybridized carbons (Fsp3) is 0.431. The minimum atomic E-state index is -5.15. The highest BCUT2D eigenvalue weighted by atomic mass is 19.4. The van der Waals surface area contributed by atoms with E-state index >= 15 is 0 Å². The van der Waals surface area contributed by atoms with Gasteiger partial charge in [0, 0.05) is 102 Å². The Morgan fingerprint density at radius 1 is 0.670 bits per heavy atom. The number of ether oxygens (including phenoxy) is 3. The van der Waals surface area contributed by atoms with Crippen molar-refractivity contribution in [3.8, 4) is 11.1 Å². The molecule has 0 aromatic heterocycles. The van der Waals surface area contributed by atoms with Gasteiger partial charge in [0.2, 0.25) is 11.8 Å². The van der Waals surface area contributed by atoms with Gasteiger partial charge >= 0.3 is 18.3 Å². The number of carbonyl (C=O) groups is 5. The zero-order chi connectivity index (χ0) is 66.8. The smallest absolute Gasteiger partial charge is 0.416 e. The highest BCUT2D eigenvalue weighted by molar-refractivity contribution is 5.95. The second-order valence-electron chi connectivity index (χ2n) is 25.2. The molecule has 2 atom stereocenters. The van der Waals surface area contributed by atoms with Gasteiger partial charge < -0.3 is 48.9 Å². The number of nitrogens with one attached hydrogen (secondary N) is 1. The second kappa shape index (κ2) is 30.1. The topological polar surface area (TPSA) is 145 Å². The van der Waals surface area contributed by atoms with Crippen molar-refractivity contribution in [2.45, 2.75) is 93.4 Å². The van der Waals surface area contributed by atoms with Gasteiger partial charge in [-0.25, -0.2) is 4.39 Å². The van der Waals surface area contributed by atoms with Crippen LogP contribution in [0.2, 0.25) is 0 Å². The largest absolute Gasteiger partial charge is 0.462 e. The molecule has 1 N–H and O–H groups in total. The summed E-state index contributed by atoms with van der Waals surface area (Å²) >= 11 is 0. The van der Waals surface area contributed by atoms with Crippen LogP contribution < -0.4 is 5.32 Å². The molecule has 0 radical (unpaired) electrons. The predicted octanol–water partition coefficient (Wildman–Crippen LogP) is 11.4. The lowest BCUT2D eigenvalue weighted by Gasteiger charge is -2.44. The molecule has 6 aromatic rings. The number of halogens is 7. The summed E-state index contributed by atoms with van der Waals surface area (Å²) in [5.74, 6) is -2.20. The van der Waals surface area contributed by atoms with Gasteiger partial charge in [0.25, 0.3) is 11.8 Å². The maximum absolute atomic E-state index is 14.2. The number of likely N-dealkylation sites (tertiary alicyclic amines) is 2. The van der Waals surface area contributed by atoms with Gasteiger partial charge in [-0.05, 0) is 146 Å². The van der Waals surface area contributed by atoms with Crippen molar-refractivity contribution in [2.24, 2.45) is 0 Å². The molecule has 4 aliphatic rings. The first-order chi connectivity index (χ1) is 45.0. The zero-order valence-corrected chi connectivity index (χ0v) is 53.2. The van der Waals surface area contributed by atoms with E-state index in [1.165, 1.54) is 24.3 Å². The average Bonchev–Trinajstić information content (AvgIpc) is 1.61. The number of nitrogens with zero attached hydrogens (tertiary/aromatic N) is 6. The Morgan fingerprint density at radius 3 is 1.99 bits per heavy atom. The third-order valence-electron chi connectivity index (χ3n) is 19.0. The number of hydrogen-bond acceptors (Lipinski definition) is 11. The fourth-order valence-electron chi connectivity index (χ4n) is 13.4. The molecule has 4 amide bonds. The van der Waals surface area contributed by atoms with Crippen molar-refractivity contribution >= 4 is 35.3 Å². The fourth-order valence-corrected chi connectivity index (χ4v) is 13.4. The molecule has 6 aromatic carbocycles. The van der Waals surface area contributed by atoms with E-state index in [0.717, 1.165) is 70.9 Å². The van der Waals surface area contributed by atoms with E-state index in [1.54, 1.807) is 48.0 Å². The average molecular weight is 1300 g/mol. The number of rotatable bonds is 24. The van der Waals surface area contributed by atoms with Gasteiger partial charge in [-0.2, -0.15) is 26.3 Å². The van der Waals surface area contributed by atoms with Crippen LogP contribution >= 0.6 is 0 Å². The van der Waals surface area contributed by atoms with E-state index in [2.05, 4.69) is 27.2 Å². The van der Waals surface area contributed by atoms with E-state index in [1.807, 2.05) is 78.9 Å². The van der Waals surface area contributed by atoms with Crippen LogP contribution in [0.3, 0.4) is 0 Å². The molecule has 0 bridgehead atoms. The molecule has 0 saturated carbocycles. The maximum Gasteiger partial charge on any atom is 0.416 e. The molecule has 10 rings (SSSR count). The lowest BCUT2D eigenvalue weighted by molar-refractivity contribution is -0.150. The highest BCUT2D eigenvalue weighted by Gasteiger charge is 2.50. The molecule has 0 unspecified atom stereocenters. The SMILES string of the molecule is CN(CCN1CCC(OC(=O)Cc2ccccc2-c2ccccc2)CC1)C(=O)CCNc1ccc(C(=O)N(C)CCCN(C)C(=O)CO[C@H]2Cc3ccccc3C23CCN(CC[C@@]2(c4ccc(F)cc4)CN(C(=O)c4cc(C(F)(F)F)cc(C(F)(F)F)c4)CO2)CC3)cc1. The molecule has 1 spiro atoms. The van der Waals surface area contributed by atoms with Crippen molar-refractivity contribution in [2.75, 3.05) is 112 Å². The third kappa shape index (κ3) is 16.8. The summed E-state index contributed by atoms with van der Waals surface area (Å²) in [4.78, 5) is 77.5. The number of benzene rings is 6. The van der Waals surface area contributed by atoms with Crippen LogP contribution in [-0.2, 0) is 64.8 Å². The van der Waals surface area contributed by atoms with E-state index in [4.69, 9.17) is 14.2 Å². The summed E-state index contributed by atoms with van der Waals surface area (Å²) in [5, 5.41) is 3.29. The summed E-state index contributed by atoms with van der Waals surface area (Å²) < 4.78 is 116. The number of amides is 4. The summed E-state index contributed by atoms with van der Waals surface area (Å²) in [6.45, 7) is 4.86. The Hall–Kier alpha value is -8.18. The lowest BCUT2D eigenvalue weighted by atomic mass is 9.72. The van der Waals surface area contributed by atoms with E-state index in [0.29, 0.717) is 94.8 Å². The Morgan fingerprint density at radius 2 is 1.30 bits per heavy atom. The number of likely N-dealkylation sites (N-methyl/N-ethyl adjacent to an activating group) is 2. The minimum Gasteiger partial charge on any atom is -0.462 e. The molecule has 3 saturated heterocycles. The number of esters is 1. The summed E-state index contributed by atoms with van der Waals surface area (Å²) in [6.07, 6.45) is -6.05. The summed E-state index contributed by atoms with van der Waals surface area (Å²) in [5.41, 5.74) is 1.39. The van der Waals surface area contributed by atoms with Crippen molar-refractivity contribution in [1.29, 1.82) is 0 Å². The molecule has 1 aliphatic carbocycles. The van der Waals surface area contributed by atoms with Crippen LogP contribution in [0, 0.1) is 5.82 Å². The number of carbonyl (C=O) groups excluding carboxylic acids is 5. The van der Waals surface area contributed by atoms with Gasteiger partial charge in [0.1, 0.15) is 30.9 Å². The van der Waals surface area contributed by atoms with Gasteiger partial charge in [-0.1, -0.05) is 91.0 Å². The van der Waals surface area contributed by atoms with Crippen LogP contribution in [0.4, 0.5) is 36.4 Å². The quantitative estimate of drug-likeness (QED) is 0.0457. The predicted molar refractivity (Wildman–Crippen MR) is 341 cm³/mol. The van der Waals surface area contributed by atoms with Crippen molar-refractivity contribution < 1.29 is 68.9 Å². The molecule has 15 nitrogen and oxygen atoms in total. The number of alkyl halides is 6. The van der Waals surface area contributed by atoms with Crippen molar-refractivity contribution in [3.05, 3.63) is 196 Å². The Labute approximate surface area is 543 Å². The number of hydrogen-bond donors (Lipinski definition) is 1. The number of anilines is 1. The van der Waals surface area contributed by atoms with Crippen LogP contribution in [0.1, 0.15) is 99.0 Å². The van der Waals surface area contributed by atoms with Gasteiger partial charge in [0.05, 0.1) is 30.2 Å². The first-order valence-electron chi connectivity index (χ1n) is 32.0. The number of fused-ring (bicyclic) bond motifs is 2. The van der Waals surface area contributed by atoms with Gasteiger partial charge in [-0.3, -0.25) is 24.0 Å². The van der Waals surface area contributed by atoms with Crippen molar-refractivity contribution in [3.63, 3.8) is 0 Å². The summed E-state index contributed by atoms with van der Waals surface area (Å²) in [7, 11) is 5.23.